The predicted molar refractivity (Wildman–Crippen MR) is 137 cm³/mol. The van der Waals surface area contributed by atoms with Gasteiger partial charge < -0.3 is 10.1 Å². The normalized spacial score (nSPS) is 18.0. The van der Waals surface area contributed by atoms with Crippen LogP contribution in [0, 0.1) is 0 Å². The molecule has 8 heteroatoms. The van der Waals surface area contributed by atoms with Crippen molar-refractivity contribution in [1.29, 1.82) is 0 Å². The Balaban J connectivity index is 1.34. The van der Waals surface area contributed by atoms with Gasteiger partial charge in [-0.2, -0.15) is 5.10 Å². The molecular weight excluding hydrogens is 432 g/mol. The number of hydrogen-bond donors (Lipinski definition) is 1. The van der Waals surface area contributed by atoms with Crippen molar-refractivity contribution < 1.29 is 4.74 Å². The zero-order valence-corrected chi connectivity index (χ0v) is 20.1. The topological polar surface area (TPSA) is 58.5 Å². The van der Waals surface area contributed by atoms with Crippen molar-refractivity contribution in [3.63, 3.8) is 0 Å². The van der Waals surface area contributed by atoms with Gasteiger partial charge in [0, 0.05) is 50.4 Å². The number of nitrogens with zero attached hydrogens (tertiary/aromatic N) is 5. The van der Waals surface area contributed by atoms with Crippen LogP contribution in [0.1, 0.15) is 25.0 Å². The molecule has 2 fully saturated rings. The Morgan fingerprint density at radius 1 is 1.00 bits per heavy atom. The highest BCUT2D eigenvalue weighted by molar-refractivity contribution is 7.80. The summed E-state index contributed by atoms with van der Waals surface area (Å²) in [6.07, 6.45) is 7.84. The molecule has 2 aromatic heterocycles. The molecule has 2 aliphatic rings. The first-order valence-electron chi connectivity index (χ1n) is 11.9. The lowest BCUT2D eigenvalue weighted by Gasteiger charge is -2.26. The summed E-state index contributed by atoms with van der Waals surface area (Å²) in [7, 11) is 2.05. The molecule has 1 aromatic carbocycles. The Labute approximate surface area is 200 Å². The highest BCUT2D eigenvalue weighted by atomic mass is 32.1. The molecule has 0 unspecified atom stereocenters. The average Bonchev–Trinajstić information content (AvgIpc) is 3.20. The third-order valence-corrected chi connectivity index (χ3v) is 6.89. The van der Waals surface area contributed by atoms with Crippen LogP contribution < -0.4 is 5.32 Å². The Kier molecular flexibility index (Phi) is 6.96. The molecule has 174 valence electrons. The molecule has 33 heavy (non-hydrogen) atoms. The van der Waals surface area contributed by atoms with Crippen LogP contribution in [0.3, 0.4) is 0 Å². The molecule has 0 amide bonds. The molecule has 0 spiro atoms. The Bertz CT molecular complexity index is 1120. The molecule has 1 N–H and O–H groups in total. The summed E-state index contributed by atoms with van der Waals surface area (Å²) in [6, 6.07) is 8.65. The Morgan fingerprint density at radius 3 is 2.64 bits per heavy atom. The second-order valence-electron chi connectivity index (χ2n) is 9.03. The monoisotopic (exact) mass is 464 g/mol. The molecule has 0 atom stereocenters. The fourth-order valence-corrected chi connectivity index (χ4v) is 5.03. The van der Waals surface area contributed by atoms with Crippen molar-refractivity contribution in [2.75, 3.05) is 51.3 Å². The number of hydrogen-bond acceptors (Lipinski definition) is 6. The van der Waals surface area contributed by atoms with E-state index in [1.807, 2.05) is 24.1 Å². The van der Waals surface area contributed by atoms with E-state index in [0.29, 0.717) is 0 Å². The number of aromatic nitrogens is 3. The van der Waals surface area contributed by atoms with E-state index in [-0.39, 0.29) is 0 Å². The summed E-state index contributed by atoms with van der Waals surface area (Å²) in [5.74, 6) is 0.789. The molecule has 2 saturated heterocycles. The second kappa shape index (κ2) is 10.3. The van der Waals surface area contributed by atoms with Crippen LogP contribution in [-0.2, 0) is 18.3 Å². The van der Waals surface area contributed by atoms with Crippen molar-refractivity contribution in [3.8, 4) is 11.1 Å². The minimum atomic E-state index is 0.730. The van der Waals surface area contributed by atoms with Crippen LogP contribution in [0.15, 0.2) is 36.7 Å². The summed E-state index contributed by atoms with van der Waals surface area (Å²) >= 11 is 5.59. The minimum absolute atomic E-state index is 0.730. The lowest BCUT2D eigenvalue weighted by molar-refractivity contribution is 0.0455. The van der Waals surface area contributed by atoms with E-state index in [1.54, 1.807) is 0 Å². The Morgan fingerprint density at radius 2 is 1.82 bits per heavy atom. The maximum absolute atomic E-state index is 5.59. The molecule has 4 heterocycles. The van der Waals surface area contributed by atoms with Crippen LogP contribution in [-0.4, -0.2) is 75.5 Å². The molecule has 3 aromatic rings. The lowest BCUT2D eigenvalue weighted by atomic mass is 10.0. The maximum Gasteiger partial charge on any atom is 0.131 e. The molecule has 0 bridgehead atoms. The molecular formula is C25H32N6OS. The van der Waals surface area contributed by atoms with Gasteiger partial charge in [-0.25, -0.2) is 4.98 Å². The number of benzene rings is 1. The average molecular weight is 465 g/mol. The standard InChI is InChI=1S/C25H32N6OS/c1-29-23(17-30-7-3-2-4-8-30)22(16-27-29)19-5-6-20-15-26-24(14-21(20)13-19)28-25(33)18-31-9-11-32-12-10-31/h5-6,13-16H,2-4,7-12,17-18H2,1H3,(H,26,28,33). The van der Waals surface area contributed by atoms with Crippen molar-refractivity contribution in [2.24, 2.45) is 7.05 Å². The van der Waals surface area contributed by atoms with Gasteiger partial charge in [-0.1, -0.05) is 30.8 Å². The number of ether oxygens (including phenoxy) is 1. The van der Waals surface area contributed by atoms with Gasteiger partial charge >= 0.3 is 0 Å². The van der Waals surface area contributed by atoms with E-state index in [4.69, 9.17) is 17.0 Å². The smallest absolute Gasteiger partial charge is 0.131 e. The van der Waals surface area contributed by atoms with Gasteiger partial charge in [0.1, 0.15) is 5.82 Å². The first kappa shape index (κ1) is 22.4. The summed E-state index contributed by atoms with van der Waals surface area (Å²) in [6.45, 7) is 7.40. The maximum atomic E-state index is 5.59. The number of morpholine rings is 1. The molecule has 7 nitrogen and oxygen atoms in total. The molecule has 5 rings (SSSR count). The molecule has 2 aliphatic heterocycles. The van der Waals surface area contributed by atoms with Gasteiger partial charge in [-0.15, -0.1) is 0 Å². The fraction of sp³-hybridized carbons (Fsp3) is 0.480. The summed E-state index contributed by atoms with van der Waals surface area (Å²) < 4.78 is 7.45. The molecule has 0 radical (unpaired) electrons. The number of piperidine rings is 1. The number of anilines is 1. The molecule has 0 aliphatic carbocycles. The van der Waals surface area contributed by atoms with E-state index in [9.17, 15) is 0 Å². The van der Waals surface area contributed by atoms with Crippen molar-refractivity contribution in [3.05, 3.63) is 42.4 Å². The predicted octanol–water partition coefficient (Wildman–Crippen LogP) is 3.69. The number of fused-ring (bicyclic) bond motifs is 1. The van der Waals surface area contributed by atoms with Gasteiger partial charge in [0.25, 0.3) is 0 Å². The van der Waals surface area contributed by atoms with Gasteiger partial charge in [-0.05, 0) is 49.0 Å². The van der Waals surface area contributed by atoms with Crippen molar-refractivity contribution >= 4 is 33.8 Å². The summed E-state index contributed by atoms with van der Waals surface area (Å²) in [5.41, 5.74) is 3.67. The highest BCUT2D eigenvalue weighted by Crippen LogP contribution is 2.29. The third kappa shape index (κ3) is 5.41. The first-order valence-corrected chi connectivity index (χ1v) is 12.3. The zero-order valence-electron chi connectivity index (χ0n) is 19.3. The number of thiocarbonyl (C=S) groups is 1. The van der Waals surface area contributed by atoms with Gasteiger partial charge in [0.05, 0.1) is 30.1 Å². The van der Waals surface area contributed by atoms with E-state index < -0.39 is 0 Å². The van der Waals surface area contributed by atoms with Crippen molar-refractivity contribution in [2.45, 2.75) is 25.8 Å². The van der Waals surface area contributed by atoms with E-state index >= 15 is 0 Å². The SMILES string of the molecule is Cn1ncc(-c2ccc3cnc(NC(=S)CN4CCOCC4)cc3c2)c1CN1CCCCC1. The van der Waals surface area contributed by atoms with Gasteiger partial charge in [-0.3, -0.25) is 14.5 Å². The number of aryl methyl sites for hydroxylation is 1. The van der Waals surface area contributed by atoms with Gasteiger partial charge in [0.15, 0.2) is 0 Å². The van der Waals surface area contributed by atoms with Crippen LogP contribution in [0.25, 0.3) is 21.9 Å². The summed E-state index contributed by atoms with van der Waals surface area (Å²) in [5, 5.41) is 10.2. The lowest BCUT2D eigenvalue weighted by Crippen LogP contribution is -2.40. The van der Waals surface area contributed by atoms with E-state index in [2.05, 4.69) is 49.5 Å². The van der Waals surface area contributed by atoms with Crippen LogP contribution in [0.2, 0.25) is 0 Å². The van der Waals surface area contributed by atoms with E-state index in [0.717, 1.165) is 61.0 Å². The third-order valence-electron chi connectivity index (χ3n) is 6.65. The fourth-order valence-electron chi connectivity index (χ4n) is 4.74. The quantitative estimate of drug-likeness (QED) is 0.558. The van der Waals surface area contributed by atoms with Gasteiger partial charge in [0.2, 0.25) is 0 Å². The van der Waals surface area contributed by atoms with Crippen LogP contribution in [0.4, 0.5) is 5.82 Å². The first-order chi connectivity index (χ1) is 16.2. The minimum Gasteiger partial charge on any atom is -0.379 e. The highest BCUT2D eigenvalue weighted by Gasteiger charge is 2.17. The van der Waals surface area contributed by atoms with E-state index in [1.165, 1.54) is 49.2 Å². The number of likely N-dealkylation sites (tertiary alicyclic amines) is 1. The van der Waals surface area contributed by atoms with Crippen LogP contribution >= 0.6 is 12.2 Å². The Hall–Kier alpha value is -2.39. The van der Waals surface area contributed by atoms with Crippen molar-refractivity contribution in [1.82, 2.24) is 24.6 Å². The molecule has 0 saturated carbocycles. The number of rotatable bonds is 6. The number of nitrogens with one attached hydrogen (secondary N) is 1. The second-order valence-corrected chi connectivity index (χ2v) is 9.53. The number of pyridine rings is 1. The van der Waals surface area contributed by atoms with Crippen LogP contribution in [0.5, 0.6) is 0 Å². The zero-order chi connectivity index (χ0) is 22.6. The summed E-state index contributed by atoms with van der Waals surface area (Å²) in [4.78, 5) is 10.2. The largest absolute Gasteiger partial charge is 0.379 e.